The van der Waals surface area contributed by atoms with E-state index in [0.29, 0.717) is 6.54 Å². The van der Waals surface area contributed by atoms with Gasteiger partial charge in [-0.15, -0.1) is 0 Å². The SMILES string of the molecule is COc1ccc(C2(CNC(=O)Nc3ccc(N(C)C)cc3)CC2)cc1. The second kappa shape index (κ2) is 7.05. The molecule has 0 bridgehead atoms. The Hall–Kier alpha value is -2.69. The third-order valence-corrected chi connectivity index (χ3v) is 4.78. The van der Waals surface area contributed by atoms with Crippen molar-refractivity contribution in [3.8, 4) is 5.75 Å². The number of nitrogens with one attached hydrogen (secondary N) is 2. The highest BCUT2D eigenvalue weighted by Gasteiger charge is 2.44. The van der Waals surface area contributed by atoms with Gasteiger partial charge in [0.05, 0.1) is 7.11 Å². The van der Waals surface area contributed by atoms with Crippen LogP contribution in [-0.2, 0) is 5.41 Å². The monoisotopic (exact) mass is 339 g/mol. The Labute approximate surface area is 149 Å². The average molecular weight is 339 g/mol. The molecule has 25 heavy (non-hydrogen) atoms. The molecule has 1 aliphatic rings. The van der Waals surface area contributed by atoms with E-state index in [1.807, 2.05) is 55.4 Å². The Morgan fingerprint density at radius 1 is 1.08 bits per heavy atom. The molecule has 3 rings (SSSR count). The molecule has 1 fully saturated rings. The van der Waals surface area contributed by atoms with Gasteiger partial charge in [-0.05, 0) is 54.8 Å². The van der Waals surface area contributed by atoms with Gasteiger partial charge in [-0.3, -0.25) is 0 Å². The Morgan fingerprint density at radius 3 is 2.24 bits per heavy atom. The Kier molecular flexibility index (Phi) is 4.83. The van der Waals surface area contributed by atoms with Crippen molar-refractivity contribution in [1.82, 2.24) is 5.32 Å². The zero-order valence-electron chi connectivity index (χ0n) is 15.0. The van der Waals surface area contributed by atoms with Gasteiger partial charge < -0.3 is 20.3 Å². The predicted octanol–water partition coefficient (Wildman–Crippen LogP) is 3.61. The number of rotatable bonds is 6. The molecule has 132 valence electrons. The van der Waals surface area contributed by atoms with Crippen LogP contribution >= 0.6 is 0 Å². The van der Waals surface area contributed by atoms with E-state index in [1.54, 1.807) is 7.11 Å². The first-order valence-corrected chi connectivity index (χ1v) is 8.49. The first kappa shape index (κ1) is 17.1. The van der Waals surface area contributed by atoms with Crippen molar-refractivity contribution in [3.63, 3.8) is 0 Å². The number of carbonyl (C=O) groups is 1. The van der Waals surface area contributed by atoms with E-state index >= 15 is 0 Å². The van der Waals surface area contributed by atoms with Crippen molar-refractivity contribution >= 4 is 17.4 Å². The summed E-state index contributed by atoms with van der Waals surface area (Å²) in [4.78, 5) is 14.2. The Morgan fingerprint density at radius 2 is 1.72 bits per heavy atom. The number of carbonyl (C=O) groups excluding carboxylic acids is 1. The number of hydrogen-bond donors (Lipinski definition) is 2. The number of amides is 2. The minimum Gasteiger partial charge on any atom is -0.497 e. The number of anilines is 2. The van der Waals surface area contributed by atoms with Gasteiger partial charge in [-0.25, -0.2) is 4.79 Å². The lowest BCUT2D eigenvalue weighted by Crippen LogP contribution is -2.35. The molecule has 0 atom stereocenters. The normalized spacial score (nSPS) is 14.5. The van der Waals surface area contributed by atoms with Crippen LogP contribution in [0.15, 0.2) is 48.5 Å². The third kappa shape index (κ3) is 4.05. The van der Waals surface area contributed by atoms with E-state index in [9.17, 15) is 4.79 Å². The maximum atomic E-state index is 12.2. The average Bonchev–Trinajstić information content (AvgIpc) is 3.42. The van der Waals surface area contributed by atoms with E-state index in [0.717, 1.165) is 30.0 Å². The molecule has 0 spiro atoms. The van der Waals surface area contributed by atoms with Gasteiger partial charge in [0.1, 0.15) is 5.75 Å². The maximum Gasteiger partial charge on any atom is 0.319 e. The lowest BCUT2D eigenvalue weighted by atomic mass is 9.96. The highest BCUT2D eigenvalue weighted by atomic mass is 16.5. The second-order valence-corrected chi connectivity index (χ2v) is 6.76. The van der Waals surface area contributed by atoms with Crippen LogP contribution in [0.3, 0.4) is 0 Å². The first-order chi connectivity index (χ1) is 12.0. The van der Waals surface area contributed by atoms with Crippen LogP contribution in [0.2, 0.25) is 0 Å². The third-order valence-electron chi connectivity index (χ3n) is 4.78. The number of nitrogens with zero attached hydrogens (tertiary/aromatic N) is 1. The van der Waals surface area contributed by atoms with Crippen molar-refractivity contribution in [1.29, 1.82) is 0 Å². The predicted molar refractivity (Wildman–Crippen MR) is 102 cm³/mol. The van der Waals surface area contributed by atoms with Crippen LogP contribution in [-0.4, -0.2) is 33.8 Å². The van der Waals surface area contributed by atoms with Gasteiger partial charge in [-0.1, -0.05) is 12.1 Å². The number of methoxy groups -OCH3 is 1. The fraction of sp³-hybridized carbons (Fsp3) is 0.350. The van der Waals surface area contributed by atoms with Crippen LogP contribution in [0.4, 0.5) is 16.2 Å². The van der Waals surface area contributed by atoms with Crippen molar-refractivity contribution in [2.75, 3.05) is 38.0 Å². The van der Waals surface area contributed by atoms with Gasteiger partial charge in [0.2, 0.25) is 0 Å². The van der Waals surface area contributed by atoms with Gasteiger partial charge in [-0.2, -0.15) is 0 Å². The minimum atomic E-state index is -0.169. The molecule has 5 nitrogen and oxygen atoms in total. The number of urea groups is 1. The highest BCUT2D eigenvalue weighted by Crippen LogP contribution is 2.47. The fourth-order valence-corrected chi connectivity index (χ4v) is 2.93. The summed E-state index contributed by atoms with van der Waals surface area (Å²) in [6, 6.07) is 15.7. The highest BCUT2D eigenvalue weighted by molar-refractivity contribution is 5.89. The lowest BCUT2D eigenvalue weighted by molar-refractivity contribution is 0.251. The molecule has 0 saturated heterocycles. The number of benzene rings is 2. The molecule has 1 saturated carbocycles. The molecule has 0 aromatic heterocycles. The number of ether oxygens (including phenoxy) is 1. The molecule has 0 aliphatic heterocycles. The quantitative estimate of drug-likeness (QED) is 0.845. The van der Waals surface area contributed by atoms with E-state index in [2.05, 4.69) is 22.8 Å². The largest absolute Gasteiger partial charge is 0.497 e. The molecule has 2 aromatic rings. The molecular formula is C20H25N3O2. The molecule has 1 aliphatic carbocycles. The van der Waals surface area contributed by atoms with E-state index < -0.39 is 0 Å². The molecule has 2 amide bonds. The summed E-state index contributed by atoms with van der Waals surface area (Å²) in [5.41, 5.74) is 3.21. The van der Waals surface area contributed by atoms with Crippen molar-refractivity contribution in [2.24, 2.45) is 0 Å². The van der Waals surface area contributed by atoms with Crippen LogP contribution in [0, 0.1) is 0 Å². The number of hydrogen-bond acceptors (Lipinski definition) is 3. The summed E-state index contributed by atoms with van der Waals surface area (Å²) in [7, 11) is 5.64. The fourth-order valence-electron chi connectivity index (χ4n) is 2.93. The van der Waals surface area contributed by atoms with E-state index in [1.165, 1.54) is 5.56 Å². The smallest absolute Gasteiger partial charge is 0.319 e. The lowest BCUT2D eigenvalue weighted by Gasteiger charge is -2.18. The zero-order valence-corrected chi connectivity index (χ0v) is 15.0. The molecule has 0 radical (unpaired) electrons. The summed E-state index contributed by atoms with van der Waals surface area (Å²) in [5, 5.41) is 5.90. The summed E-state index contributed by atoms with van der Waals surface area (Å²) in [6.45, 7) is 0.640. The van der Waals surface area contributed by atoms with Crippen LogP contribution < -0.4 is 20.3 Å². The van der Waals surface area contributed by atoms with Crippen molar-refractivity contribution < 1.29 is 9.53 Å². The van der Waals surface area contributed by atoms with Crippen LogP contribution in [0.1, 0.15) is 18.4 Å². The van der Waals surface area contributed by atoms with Gasteiger partial charge in [0.25, 0.3) is 0 Å². The van der Waals surface area contributed by atoms with Gasteiger partial charge in [0.15, 0.2) is 0 Å². The van der Waals surface area contributed by atoms with Crippen molar-refractivity contribution in [2.45, 2.75) is 18.3 Å². The molecule has 2 aromatic carbocycles. The Bertz CT molecular complexity index is 720. The summed E-state index contributed by atoms with van der Waals surface area (Å²) in [6.07, 6.45) is 2.19. The van der Waals surface area contributed by atoms with E-state index in [4.69, 9.17) is 4.74 Å². The summed E-state index contributed by atoms with van der Waals surface area (Å²) in [5.74, 6) is 0.853. The summed E-state index contributed by atoms with van der Waals surface area (Å²) < 4.78 is 5.21. The van der Waals surface area contributed by atoms with Crippen molar-refractivity contribution in [3.05, 3.63) is 54.1 Å². The molecule has 0 heterocycles. The molecule has 2 N–H and O–H groups in total. The van der Waals surface area contributed by atoms with Crippen LogP contribution in [0.5, 0.6) is 5.75 Å². The van der Waals surface area contributed by atoms with Gasteiger partial charge in [0, 0.05) is 37.4 Å². The molecule has 0 unspecified atom stereocenters. The van der Waals surface area contributed by atoms with Crippen LogP contribution in [0.25, 0.3) is 0 Å². The molecular weight excluding hydrogens is 314 g/mol. The standard InChI is InChI=1S/C20H25N3O2/c1-23(2)17-8-6-16(7-9-17)22-19(24)21-14-20(12-13-20)15-4-10-18(25-3)11-5-15/h4-11H,12-14H2,1-3H3,(H2,21,22,24). The molecule has 5 heteroatoms. The maximum absolute atomic E-state index is 12.2. The minimum absolute atomic E-state index is 0.0678. The topological polar surface area (TPSA) is 53.6 Å². The van der Waals surface area contributed by atoms with Gasteiger partial charge >= 0.3 is 6.03 Å². The first-order valence-electron chi connectivity index (χ1n) is 8.49. The Balaban J connectivity index is 1.54. The van der Waals surface area contributed by atoms with E-state index in [-0.39, 0.29) is 11.4 Å². The summed E-state index contributed by atoms with van der Waals surface area (Å²) >= 11 is 0. The second-order valence-electron chi connectivity index (χ2n) is 6.76. The zero-order chi connectivity index (χ0) is 17.9.